The van der Waals surface area contributed by atoms with E-state index in [0.29, 0.717) is 0 Å². The lowest BCUT2D eigenvalue weighted by molar-refractivity contribution is 0.795. The third-order valence-corrected chi connectivity index (χ3v) is 8.90. The predicted molar refractivity (Wildman–Crippen MR) is 167 cm³/mol. The molecule has 0 N–H and O–H groups in total. The summed E-state index contributed by atoms with van der Waals surface area (Å²) in [7, 11) is 0. The van der Waals surface area contributed by atoms with Crippen molar-refractivity contribution in [2.75, 3.05) is 0 Å². The van der Waals surface area contributed by atoms with E-state index < -0.39 is 5.41 Å². The molecule has 0 atom stereocenters. The van der Waals surface area contributed by atoms with E-state index in [1.165, 1.54) is 44.5 Å². The third kappa shape index (κ3) is 2.91. The van der Waals surface area contributed by atoms with Crippen LogP contribution in [0.1, 0.15) is 22.3 Å². The molecule has 2 nitrogen and oxygen atoms in total. The summed E-state index contributed by atoms with van der Waals surface area (Å²) in [5.41, 5.74) is 14.1. The van der Waals surface area contributed by atoms with Gasteiger partial charge in [-0.1, -0.05) is 140 Å². The molecular weight excluding hydrogens is 496 g/mol. The van der Waals surface area contributed by atoms with Gasteiger partial charge in [0.05, 0.1) is 16.6 Å². The molecule has 0 radical (unpaired) electrons. The molecule has 2 aliphatic rings. The van der Waals surface area contributed by atoms with Crippen molar-refractivity contribution in [2.45, 2.75) is 5.41 Å². The van der Waals surface area contributed by atoms with Crippen LogP contribution in [-0.4, -0.2) is 9.97 Å². The third-order valence-electron chi connectivity index (χ3n) is 8.90. The zero-order valence-corrected chi connectivity index (χ0v) is 22.3. The van der Waals surface area contributed by atoms with Crippen LogP contribution < -0.4 is 0 Å². The van der Waals surface area contributed by atoms with Crippen LogP contribution in [-0.2, 0) is 5.41 Å². The number of nitrogens with zero attached hydrogens (tertiary/aromatic N) is 2. The molecule has 9 rings (SSSR count). The van der Waals surface area contributed by atoms with Crippen LogP contribution in [0.5, 0.6) is 0 Å². The standard InChI is InChI=1S/C39H24N2/c1-2-13-25(14-3-1)38-40-35-24-11-7-18-30(35)37(41-38)31-20-12-19-29-28-17-6-10-23-34(28)39(36(29)31)32-21-8-4-15-26(32)27-16-5-9-22-33(27)39/h1-24H. The maximum absolute atomic E-state index is 5.34. The molecule has 2 heteroatoms. The Morgan fingerprint density at radius 1 is 0.390 bits per heavy atom. The molecular formula is C39H24N2. The van der Waals surface area contributed by atoms with Gasteiger partial charge in [-0.05, 0) is 50.6 Å². The van der Waals surface area contributed by atoms with E-state index in [2.05, 4.69) is 127 Å². The first-order valence-corrected chi connectivity index (χ1v) is 14.1. The van der Waals surface area contributed by atoms with E-state index in [1.54, 1.807) is 0 Å². The van der Waals surface area contributed by atoms with E-state index in [-0.39, 0.29) is 0 Å². The van der Waals surface area contributed by atoms with Crippen LogP contribution >= 0.6 is 0 Å². The highest BCUT2D eigenvalue weighted by atomic mass is 14.9. The second-order valence-corrected chi connectivity index (χ2v) is 10.9. The molecule has 0 unspecified atom stereocenters. The molecule has 0 fully saturated rings. The summed E-state index contributed by atoms with van der Waals surface area (Å²) in [4.78, 5) is 10.4. The number of hydrogen-bond donors (Lipinski definition) is 0. The van der Waals surface area contributed by atoms with Gasteiger partial charge in [0.1, 0.15) is 0 Å². The number of hydrogen-bond acceptors (Lipinski definition) is 2. The normalized spacial score (nSPS) is 13.6. The van der Waals surface area contributed by atoms with Crippen molar-refractivity contribution >= 4 is 10.9 Å². The zero-order chi connectivity index (χ0) is 27.0. The maximum atomic E-state index is 5.34. The molecule has 7 aromatic rings. The van der Waals surface area contributed by atoms with Crippen molar-refractivity contribution in [1.29, 1.82) is 0 Å². The Labute approximate surface area is 238 Å². The van der Waals surface area contributed by atoms with Crippen LogP contribution in [0.3, 0.4) is 0 Å². The smallest absolute Gasteiger partial charge is 0.160 e. The summed E-state index contributed by atoms with van der Waals surface area (Å²) in [5.74, 6) is 0.744. The Bertz CT molecular complexity index is 2100. The monoisotopic (exact) mass is 520 g/mol. The molecule has 41 heavy (non-hydrogen) atoms. The highest BCUT2D eigenvalue weighted by Gasteiger charge is 2.52. The summed E-state index contributed by atoms with van der Waals surface area (Å²) in [6.07, 6.45) is 0. The average Bonchev–Trinajstić information content (AvgIpc) is 3.52. The fraction of sp³-hybridized carbons (Fsp3) is 0.0256. The van der Waals surface area contributed by atoms with Gasteiger partial charge in [-0.25, -0.2) is 9.97 Å². The summed E-state index contributed by atoms with van der Waals surface area (Å²) >= 11 is 0. The first-order valence-electron chi connectivity index (χ1n) is 14.1. The van der Waals surface area contributed by atoms with E-state index in [9.17, 15) is 0 Å². The second-order valence-electron chi connectivity index (χ2n) is 10.9. The van der Waals surface area contributed by atoms with Crippen LogP contribution in [0, 0.1) is 0 Å². The van der Waals surface area contributed by atoms with Gasteiger partial charge >= 0.3 is 0 Å². The molecule has 0 saturated heterocycles. The van der Waals surface area contributed by atoms with Crippen molar-refractivity contribution < 1.29 is 0 Å². The molecule has 2 aliphatic carbocycles. The molecule has 1 spiro atoms. The number of benzene rings is 6. The Morgan fingerprint density at radius 3 is 1.59 bits per heavy atom. The van der Waals surface area contributed by atoms with E-state index in [4.69, 9.17) is 9.97 Å². The topological polar surface area (TPSA) is 25.8 Å². The minimum atomic E-state index is -0.436. The lowest BCUT2D eigenvalue weighted by atomic mass is 9.69. The van der Waals surface area contributed by atoms with Gasteiger partial charge in [0, 0.05) is 16.5 Å². The first kappa shape index (κ1) is 22.5. The van der Waals surface area contributed by atoms with E-state index in [0.717, 1.165) is 33.5 Å². The largest absolute Gasteiger partial charge is 0.228 e. The number of rotatable bonds is 2. The van der Waals surface area contributed by atoms with Crippen LogP contribution in [0.2, 0.25) is 0 Å². The van der Waals surface area contributed by atoms with Crippen molar-refractivity contribution in [3.8, 4) is 44.9 Å². The number of aromatic nitrogens is 2. The number of para-hydroxylation sites is 1. The SMILES string of the molecule is c1ccc(-c2nc(-c3cccc4c3C3(c5ccccc5-c5ccccc53)c3ccccc3-4)c3ccccc3n2)cc1. The minimum absolute atomic E-state index is 0.436. The summed E-state index contributed by atoms with van der Waals surface area (Å²) in [6.45, 7) is 0. The molecule has 0 aliphatic heterocycles. The Morgan fingerprint density at radius 2 is 0.902 bits per heavy atom. The van der Waals surface area contributed by atoms with E-state index >= 15 is 0 Å². The van der Waals surface area contributed by atoms with Crippen molar-refractivity contribution in [3.05, 3.63) is 168 Å². The summed E-state index contributed by atoms with van der Waals surface area (Å²) < 4.78 is 0. The summed E-state index contributed by atoms with van der Waals surface area (Å²) in [5, 5.41) is 1.06. The second kappa shape index (κ2) is 8.33. The molecule has 6 aromatic carbocycles. The molecule has 1 aromatic heterocycles. The van der Waals surface area contributed by atoms with Crippen LogP contribution in [0.4, 0.5) is 0 Å². The van der Waals surface area contributed by atoms with Gasteiger partial charge < -0.3 is 0 Å². The van der Waals surface area contributed by atoms with Gasteiger partial charge in [0.15, 0.2) is 5.82 Å². The molecule has 0 bridgehead atoms. The highest BCUT2D eigenvalue weighted by Crippen LogP contribution is 2.64. The Balaban J connectivity index is 1.45. The molecule has 190 valence electrons. The first-order chi connectivity index (χ1) is 20.4. The quantitative estimate of drug-likeness (QED) is 0.227. The van der Waals surface area contributed by atoms with Gasteiger partial charge in [-0.15, -0.1) is 0 Å². The lowest BCUT2D eigenvalue weighted by Gasteiger charge is -2.32. The Hall–Kier alpha value is -5.34. The zero-order valence-electron chi connectivity index (χ0n) is 22.3. The van der Waals surface area contributed by atoms with E-state index in [1.807, 2.05) is 18.2 Å². The predicted octanol–water partition coefficient (Wildman–Crippen LogP) is 9.31. The molecule has 1 heterocycles. The van der Waals surface area contributed by atoms with Gasteiger partial charge in [0.2, 0.25) is 0 Å². The Kier molecular flexibility index (Phi) is 4.57. The van der Waals surface area contributed by atoms with Crippen molar-refractivity contribution in [1.82, 2.24) is 9.97 Å². The fourth-order valence-corrected chi connectivity index (χ4v) is 7.35. The van der Waals surface area contributed by atoms with Gasteiger partial charge in [0.25, 0.3) is 0 Å². The number of fused-ring (bicyclic) bond motifs is 11. The average molecular weight is 521 g/mol. The van der Waals surface area contributed by atoms with Gasteiger partial charge in [-0.2, -0.15) is 0 Å². The van der Waals surface area contributed by atoms with Crippen LogP contribution in [0.25, 0.3) is 55.8 Å². The van der Waals surface area contributed by atoms with Gasteiger partial charge in [-0.3, -0.25) is 0 Å². The molecule has 0 saturated carbocycles. The highest BCUT2D eigenvalue weighted by molar-refractivity contribution is 6.02. The molecule has 0 amide bonds. The minimum Gasteiger partial charge on any atom is -0.228 e. The lowest BCUT2D eigenvalue weighted by Crippen LogP contribution is -2.26. The fourth-order valence-electron chi connectivity index (χ4n) is 7.35. The van der Waals surface area contributed by atoms with Crippen molar-refractivity contribution in [2.24, 2.45) is 0 Å². The van der Waals surface area contributed by atoms with Crippen molar-refractivity contribution in [3.63, 3.8) is 0 Å². The maximum Gasteiger partial charge on any atom is 0.160 e. The van der Waals surface area contributed by atoms with Crippen LogP contribution in [0.15, 0.2) is 146 Å². The summed E-state index contributed by atoms with van der Waals surface area (Å²) in [6, 6.07) is 52.3.